The third-order valence-corrected chi connectivity index (χ3v) is 3.61. The lowest BCUT2D eigenvalue weighted by atomic mass is 9.86. The summed E-state index contributed by atoms with van der Waals surface area (Å²) in [5.74, 6) is 0. The number of nitrogens with zero attached hydrogens (tertiary/aromatic N) is 2. The van der Waals surface area contributed by atoms with E-state index in [9.17, 15) is 5.11 Å². The summed E-state index contributed by atoms with van der Waals surface area (Å²) in [6.07, 6.45) is -0.526. The van der Waals surface area contributed by atoms with E-state index >= 15 is 0 Å². The molecule has 0 amide bonds. The quantitative estimate of drug-likeness (QED) is 0.928. The normalized spacial score (nSPS) is 13.5. The van der Waals surface area contributed by atoms with Crippen molar-refractivity contribution in [1.82, 2.24) is 9.78 Å². The maximum atomic E-state index is 10.3. The Balaban J connectivity index is 2.13. The molecule has 2 rings (SSSR count). The van der Waals surface area contributed by atoms with E-state index in [1.54, 1.807) is 0 Å². The van der Waals surface area contributed by atoms with E-state index in [1.165, 1.54) is 5.56 Å². The average Bonchev–Trinajstić information content (AvgIpc) is 2.67. The minimum absolute atomic E-state index is 0.138. The Kier molecular flexibility index (Phi) is 4.00. The summed E-state index contributed by atoms with van der Waals surface area (Å²) in [6.45, 7) is 11.0. The van der Waals surface area contributed by atoms with Crippen LogP contribution in [0.2, 0.25) is 0 Å². The van der Waals surface area contributed by atoms with Gasteiger partial charge in [-0.2, -0.15) is 5.10 Å². The third-order valence-electron chi connectivity index (χ3n) is 3.61. The Morgan fingerprint density at radius 2 is 1.75 bits per heavy atom. The second kappa shape index (κ2) is 5.41. The summed E-state index contributed by atoms with van der Waals surface area (Å²) in [6, 6.07) is 10.2. The number of aliphatic hydroxyl groups excluding tert-OH is 1. The van der Waals surface area contributed by atoms with Crippen LogP contribution in [-0.2, 0) is 12.0 Å². The highest BCUT2D eigenvalue weighted by molar-refractivity contribution is 5.28. The molecular weight excluding hydrogens is 248 g/mol. The lowest BCUT2D eigenvalue weighted by molar-refractivity contribution is 0.150. The van der Waals surface area contributed by atoms with Crippen LogP contribution in [0.5, 0.6) is 0 Å². The van der Waals surface area contributed by atoms with Crippen LogP contribution < -0.4 is 0 Å². The van der Waals surface area contributed by atoms with Gasteiger partial charge in [0.15, 0.2) is 0 Å². The Hall–Kier alpha value is -1.61. The van der Waals surface area contributed by atoms with Crippen molar-refractivity contribution >= 4 is 0 Å². The summed E-state index contributed by atoms with van der Waals surface area (Å²) in [5, 5.41) is 14.7. The van der Waals surface area contributed by atoms with E-state index < -0.39 is 6.10 Å². The number of hydrogen-bond donors (Lipinski definition) is 1. The summed E-state index contributed by atoms with van der Waals surface area (Å²) in [5.41, 5.74) is 4.41. The number of aryl methyl sites for hydroxylation is 2. The first kappa shape index (κ1) is 14.8. The maximum absolute atomic E-state index is 10.3. The molecule has 1 N–H and O–H groups in total. The molecule has 3 nitrogen and oxygen atoms in total. The fourth-order valence-electron chi connectivity index (χ4n) is 2.33. The fourth-order valence-corrected chi connectivity index (χ4v) is 2.33. The molecular formula is C17H24N2O. The zero-order chi connectivity index (χ0) is 14.9. The van der Waals surface area contributed by atoms with Gasteiger partial charge in [0.1, 0.15) is 0 Å². The van der Waals surface area contributed by atoms with E-state index in [-0.39, 0.29) is 5.41 Å². The molecule has 1 aromatic heterocycles. The van der Waals surface area contributed by atoms with Crippen LogP contribution in [0.4, 0.5) is 0 Å². The van der Waals surface area contributed by atoms with Gasteiger partial charge in [-0.3, -0.25) is 4.68 Å². The SMILES string of the molecule is Cc1cc(C)n(CC(O)c2ccc(C(C)(C)C)cc2)n1. The standard InChI is InChI=1S/C17H24N2O/c1-12-10-13(2)19(18-12)11-16(20)14-6-8-15(9-7-14)17(3,4)5/h6-10,16,20H,11H2,1-5H3. The topological polar surface area (TPSA) is 38.0 Å². The van der Waals surface area contributed by atoms with Crippen molar-refractivity contribution in [2.45, 2.75) is 52.7 Å². The number of hydrogen-bond acceptors (Lipinski definition) is 2. The van der Waals surface area contributed by atoms with Crippen molar-refractivity contribution < 1.29 is 5.11 Å². The van der Waals surface area contributed by atoms with Crippen LogP contribution in [0, 0.1) is 13.8 Å². The van der Waals surface area contributed by atoms with Crippen molar-refractivity contribution in [3.8, 4) is 0 Å². The van der Waals surface area contributed by atoms with Gasteiger partial charge in [-0.15, -0.1) is 0 Å². The highest BCUT2D eigenvalue weighted by Gasteiger charge is 2.15. The molecule has 0 saturated carbocycles. The van der Waals surface area contributed by atoms with Gasteiger partial charge in [0, 0.05) is 5.69 Å². The second-order valence-electron chi connectivity index (χ2n) is 6.50. The van der Waals surface area contributed by atoms with E-state index in [1.807, 2.05) is 36.7 Å². The van der Waals surface area contributed by atoms with E-state index in [4.69, 9.17) is 0 Å². The molecule has 1 unspecified atom stereocenters. The third kappa shape index (κ3) is 3.28. The van der Waals surface area contributed by atoms with Crippen molar-refractivity contribution in [3.05, 3.63) is 52.8 Å². The first-order chi connectivity index (χ1) is 9.27. The second-order valence-corrected chi connectivity index (χ2v) is 6.50. The first-order valence-electron chi connectivity index (χ1n) is 7.07. The minimum atomic E-state index is -0.526. The van der Waals surface area contributed by atoms with Crippen molar-refractivity contribution in [2.24, 2.45) is 0 Å². The predicted molar refractivity (Wildman–Crippen MR) is 81.8 cm³/mol. The molecule has 0 spiro atoms. The molecule has 0 aliphatic carbocycles. The van der Waals surface area contributed by atoms with Crippen LogP contribution in [0.1, 0.15) is 49.4 Å². The van der Waals surface area contributed by atoms with E-state index in [0.29, 0.717) is 6.54 Å². The number of aromatic nitrogens is 2. The average molecular weight is 272 g/mol. The molecule has 0 fully saturated rings. The Morgan fingerprint density at radius 3 is 2.20 bits per heavy atom. The monoisotopic (exact) mass is 272 g/mol. The zero-order valence-corrected chi connectivity index (χ0v) is 13.0. The van der Waals surface area contributed by atoms with Gasteiger partial charge in [0.25, 0.3) is 0 Å². The Morgan fingerprint density at radius 1 is 1.15 bits per heavy atom. The van der Waals surface area contributed by atoms with Gasteiger partial charge in [0.2, 0.25) is 0 Å². The summed E-state index contributed by atoms with van der Waals surface area (Å²) < 4.78 is 1.86. The molecule has 0 aliphatic rings. The number of benzene rings is 1. The van der Waals surface area contributed by atoms with Crippen LogP contribution in [0.25, 0.3) is 0 Å². The molecule has 1 atom stereocenters. The zero-order valence-electron chi connectivity index (χ0n) is 13.0. The van der Waals surface area contributed by atoms with Gasteiger partial charge in [0.05, 0.1) is 18.3 Å². The summed E-state index contributed by atoms with van der Waals surface area (Å²) in [7, 11) is 0. The molecule has 1 aromatic carbocycles. The van der Waals surface area contributed by atoms with Crippen molar-refractivity contribution in [1.29, 1.82) is 0 Å². The van der Waals surface area contributed by atoms with Crippen LogP contribution in [0.3, 0.4) is 0 Å². The van der Waals surface area contributed by atoms with Crippen molar-refractivity contribution in [3.63, 3.8) is 0 Å². The molecule has 0 radical (unpaired) electrons. The van der Waals surface area contributed by atoms with Gasteiger partial charge in [-0.25, -0.2) is 0 Å². The highest BCUT2D eigenvalue weighted by Crippen LogP contribution is 2.24. The van der Waals surface area contributed by atoms with Gasteiger partial charge < -0.3 is 5.11 Å². The highest BCUT2D eigenvalue weighted by atomic mass is 16.3. The largest absolute Gasteiger partial charge is 0.386 e. The molecule has 2 aromatic rings. The van der Waals surface area contributed by atoms with Gasteiger partial charge >= 0.3 is 0 Å². The van der Waals surface area contributed by atoms with E-state index in [2.05, 4.69) is 38.0 Å². The van der Waals surface area contributed by atoms with E-state index in [0.717, 1.165) is 17.0 Å². The lowest BCUT2D eigenvalue weighted by Gasteiger charge is -2.20. The molecule has 0 bridgehead atoms. The first-order valence-corrected chi connectivity index (χ1v) is 7.07. The maximum Gasteiger partial charge on any atom is 0.0985 e. The number of rotatable bonds is 3. The molecule has 0 saturated heterocycles. The molecule has 3 heteroatoms. The predicted octanol–water partition coefficient (Wildman–Crippen LogP) is 3.53. The van der Waals surface area contributed by atoms with Crippen LogP contribution in [-0.4, -0.2) is 14.9 Å². The Labute approximate surface area is 121 Å². The smallest absolute Gasteiger partial charge is 0.0985 e. The summed E-state index contributed by atoms with van der Waals surface area (Å²) >= 11 is 0. The van der Waals surface area contributed by atoms with Gasteiger partial charge in [-0.1, -0.05) is 45.0 Å². The fraction of sp³-hybridized carbons (Fsp3) is 0.471. The van der Waals surface area contributed by atoms with Gasteiger partial charge in [-0.05, 0) is 36.5 Å². The molecule has 0 aliphatic heterocycles. The van der Waals surface area contributed by atoms with Crippen LogP contribution in [0.15, 0.2) is 30.3 Å². The van der Waals surface area contributed by atoms with Crippen molar-refractivity contribution in [2.75, 3.05) is 0 Å². The molecule has 108 valence electrons. The minimum Gasteiger partial charge on any atom is -0.386 e. The lowest BCUT2D eigenvalue weighted by Crippen LogP contribution is -2.13. The Bertz CT molecular complexity index is 576. The number of aliphatic hydroxyl groups is 1. The molecule has 20 heavy (non-hydrogen) atoms. The van der Waals surface area contributed by atoms with Crippen LogP contribution >= 0.6 is 0 Å². The summed E-state index contributed by atoms with van der Waals surface area (Å²) in [4.78, 5) is 0. The molecule has 1 heterocycles.